The Balaban J connectivity index is 1.90. The van der Waals surface area contributed by atoms with E-state index in [1.165, 1.54) is 12.1 Å². The molecule has 5 N–H and O–H groups in total. The van der Waals surface area contributed by atoms with E-state index < -0.39 is 6.10 Å². The van der Waals surface area contributed by atoms with Crippen molar-refractivity contribution in [2.24, 2.45) is 0 Å². The highest BCUT2D eigenvalue weighted by Gasteiger charge is 2.14. The van der Waals surface area contributed by atoms with E-state index in [1.807, 2.05) is 19.1 Å². The summed E-state index contributed by atoms with van der Waals surface area (Å²) in [5.41, 5.74) is 1.95. The predicted octanol–water partition coefficient (Wildman–Crippen LogP) is 2.37. The second kappa shape index (κ2) is 7.35. The van der Waals surface area contributed by atoms with Gasteiger partial charge in [-0.15, -0.1) is 0 Å². The normalized spacial score (nSPS) is 13.7. The van der Waals surface area contributed by atoms with Crippen molar-refractivity contribution in [1.82, 2.24) is 5.32 Å². The van der Waals surface area contributed by atoms with Gasteiger partial charge in [0.2, 0.25) is 0 Å². The van der Waals surface area contributed by atoms with Gasteiger partial charge in [0.1, 0.15) is 17.2 Å². The molecule has 0 saturated heterocycles. The highest BCUT2D eigenvalue weighted by atomic mass is 16.3. The Kier molecular flexibility index (Phi) is 5.47. The number of phenols is 3. The fraction of sp³-hybridized carbons (Fsp3) is 0.333. The molecule has 0 aliphatic carbocycles. The number of aromatic hydroxyl groups is 3. The molecule has 0 aromatic heterocycles. The first kappa shape index (κ1) is 17.1. The van der Waals surface area contributed by atoms with Crippen LogP contribution in [-0.2, 0) is 6.42 Å². The van der Waals surface area contributed by atoms with Crippen LogP contribution in [-0.4, -0.2) is 33.0 Å². The first-order chi connectivity index (χ1) is 10.9. The third-order valence-corrected chi connectivity index (χ3v) is 3.90. The van der Waals surface area contributed by atoms with Crippen molar-refractivity contribution in [3.63, 3.8) is 0 Å². The minimum atomic E-state index is -0.824. The average Bonchev–Trinajstić information content (AvgIpc) is 2.52. The van der Waals surface area contributed by atoms with Crippen molar-refractivity contribution < 1.29 is 20.4 Å². The lowest BCUT2D eigenvalue weighted by atomic mass is 10.0. The molecule has 5 nitrogen and oxygen atoms in total. The van der Waals surface area contributed by atoms with E-state index in [1.54, 1.807) is 19.1 Å². The minimum absolute atomic E-state index is 0.0313. The van der Waals surface area contributed by atoms with Gasteiger partial charge in [-0.3, -0.25) is 0 Å². The number of hydrogen-bond acceptors (Lipinski definition) is 5. The first-order valence-corrected chi connectivity index (χ1v) is 7.58. The molecule has 0 spiro atoms. The van der Waals surface area contributed by atoms with Gasteiger partial charge in [0, 0.05) is 18.2 Å². The monoisotopic (exact) mass is 317 g/mol. The molecule has 0 heterocycles. The summed E-state index contributed by atoms with van der Waals surface area (Å²) in [5, 5.41) is 42.1. The largest absolute Gasteiger partial charge is 0.508 e. The number of benzene rings is 2. The number of nitrogens with one attached hydrogen (secondary N) is 1. The average molecular weight is 317 g/mol. The lowest BCUT2D eigenvalue weighted by Crippen LogP contribution is -2.32. The van der Waals surface area contributed by atoms with Crippen LogP contribution in [0.3, 0.4) is 0 Å². The quantitative estimate of drug-likeness (QED) is 0.564. The van der Waals surface area contributed by atoms with Crippen molar-refractivity contribution in [3.8, 4) is 17.2 Å². The molecule has 2 unspecified atom stereocenters. The molecule has 2 atom stereocenters. The molecule has 0 bridgehead atoms. The lowest BCUT2D eigenvalue weighted by Gasteiger charge is -2.18. The highest BCUT2D eigenvalue weighted by Crippen LogP contribution is 2.30. The number of phenolic OH excluding ortho intramolecular Hbond substituents is 3. The smallest absolute Gasteiger partial charge is 0.122 e. The van der Waals surface area contributed by atoms with Crippen molar-refractivity contribution >= 4 is 0 Å². The fourth-order valence-electron chi connectivity index (χ4n) is 2.39. The van der Waals surface area contributed by atoms with Crippen LogP contribution in [0.5, 0.6) is 17.2 Å². The maximum Gasteiger partial charge on any atom is 0.122 e. The first-order valence-electron chi connectivity index (χ1n) is 7.58. The number of rotatable bonds is 6. The van der Waals surface area contributed by atoms with E-state index in [4.69, 9.17) is 0 Å². The summed E-state index contributed by atoms with van der Waals surface area (Å²) < 4.78 is 0. The van der Waals surface area contributed by atoms with Crippen LogP contribution < -0.4 is 5.32 Å². The van der Waals surface area contributed by atoms with E-state index in [-0.39, 0.29) is 23.3 Å². The van der Waals surface area contributed by atoms with Crippen molar-refractivity contribution in [3.05, 3.63) is 53.1 Å². The number of aliphatic hydroxyl groups excluding tert-OH is 1. The predicted molar refractivity (Wildman–Crippen MR) is 88.7 cm³/mol. The number of aliphatic hydroxyl groups is 1. The minimum Gasteiger partial charge on any atom is -0.508 e. The van der Waals surface area contributed by atoms with Gasteiger partial charge in [0.05, 0.1) is 6.10 Å². The summed E-state index contributed by atoms with van der Waals surface area (Å²) in [6.45, 7) is 3.92. The molecule has 0 fully saturated rings. The summed E-state index contributed by atoms with van der Waals surface area (Å²) in [7, 11) is 0. The summed E-state index contributed by atoms with van der Waals surface area (Å²) >= 11 is 0. The lowest BCUT2D eigenvalue weighted by molar-refractivity contribution is 0.170. The van der Waals surface area contributed by atoms with E-state index in [2.05, 4.69) is 5.32 Å². The standard InChI is InChI=1S/C18H23NO4/c1-11(7-13-3-5-15(20)6-4-13)19-10-18(23)14-8-16(21)12(2)17(22)9-14/h3-6,8-9,11,18-23H,7,10H2,1-2H3. The van der Waals surface area contributed by atoms with Crippen molar-refractivity contribution in [1.29, 1.82) is 0 Å². The molecule has 5 heteroatoms. The maximum atomic E-state index is 10.2. The third kappa shape index (κ3) is 4.61. The zero-order valence-electron chi connectivity index (χ0n) is 13.3. The Labute approximate surface area is 135 Å². The van der Waals surface area contributed by atoms with E-state index in [0.717, 1.165) is 12.0 Å². The molecule has 124 valence electrons. The molecule has 23 heavy (non-hydrogen) atoms. The van der Waals surface area contributed by atoms with Crippen LogP contribution in [0.25, 0.3) is 0 Å². The van der Waals surface area contributed by atoms with Gasteiger partial charge in [-0.25, -0.2) is 0 Å². The van der Waals surface area contributed by atoms with Gasteiger partial charge in [0.15, 0.2) is 0 Å². The van der Waals surface area contributed by atoms with E-state index in [0.29, 0.717) is 17.7 Å². The molecule has 0 radical (unpaired) electrons. The van der Waals surface area contributed by atoms with Crippen LogP contribution in [0.4, 0.5) is 0 Å². The Morgan fingerprint density at radius 1 is 1.00 bits per heavy atom. The molecule has 0 amide bonds. The summed E-state index contributed by atoms with van der Waals surface area (Å²) in [6, 6.07) is 10.1. The molecule has 2 rings (SSSR count). The van der Waals surface area contributed by atoms with Gasteiger partial charge in [-0.1, -0.05) is 12.1 Å². The number of hydrogen-bond donors (Lipinski definition) is 5. The van der Waals surface area contributed by atoms with Gasteiger partial charge < -0.3 is 25.7 Å². The zero-order chi connectivity index (χ0) is 17.0. The molecule has 2 aromatic rings. The topological polar surface area (TPSA) is 93.0 Å². The third-order valence-electron chi connectivity index (χ3n) is 3.90. The van der Waals surface area contributed by atoms with Crippen LogP contribution in [0.1, 0.15) is 29.7 Å². The van der Waals surface area contributed by atoms with Gasteiger partial charge in [0.25, 0.3) is 0 Å². The molecule has 0 aliphatic rings. The SMILES string of the molecule is Cc1c(O)cc(C(O)CNC(C)Cc2ccc(O)cc2)cc1O. The van der Waals surface area contributed by atoms with Crippen LogP contribution >= 0.6 is 0 Å². The van der Waals surface area contributed by atoms with Crippen molar-refractivity contribution in [2.45, 2.75) is 32.4 Å². The molecule has 0 saturated carbocycles. The summed E-state index contributed by atoms with van der Waals surface area (Å²) in [6.07, 6.45) is -0.0631. The fourth-order valence-corrected chi connectivity index (χ4v) is 2.39. The zero-order valence-corrected chi connectivity index (χ0v) is 13.3. The molecular formula is C18H23NO4. The molecular weight excluding hydrogens is 294 g/mol. The van der Waals surface area contributed by atoms with Gasteiger partial charge >= 0.3 is 0 Å². The Hall–Kier alpha value is -2.24. The maximum absolute atomic E-state index is 10.2. The van der Waals surface area contributed by atoms with Gasteiger partial charge in [-0.05, 0) is 55.7 Å². The van der Waals surface area contributed by atoms with Crippen LogP contribution in [0.2, 0.25) is 0 Å². The second-order valence-electron chi connectivity index (χ2n) is 5.88. The highest BCUT2D eigenvalue weighted by molar-refractivity contribution is 5.46. The summed E-state index contributed by atoms with van der Waals surface area (Å²) in [5.74, 6) is 0.177. The van der Waals surface area contributed by atoms with E-state index >= 15 is 0 Å². The van der Waals surface area contributed by atoms with Crippen LogP contribution in [0.15, 0.2) is 36.4 Å². The second-order valence-corrected chi connectivity index (χ2v) is 5.88. The van der Waals surface area contributed by atoms with E-state index in [9.17, 15) is 20.4 Å². The van der Waals surface area contributed by atoms with Crippen molar-refractivity contribution in [2.75, 3.05) is 6.54 Å². The van der Waals surface area contributed by atoms with Gasteiger partial charge in [-0.2, -0.15) is 0 Å². The van der Waals surface area contributed by atoms with Crippen LogP contribution in [0, 0.1) is 6.92 Å². The Morgan fingerprint density at radius 2 is 1.57 bits per heavy atom. The molecule has 0 aliphatic heterocycles. The molecule has 2 aromatic carbocycles. The Morgan fingerprint density at radius 3 is 2.13 bits per heavy atom. The Bertz CT molecular complexity index is 632. The summed E-state index contributed by atoms with van der Waals surface area (Å²) in [4.78, 5) is 0.